The molecule has 0 saturated carbocycles. The minimum absolute atomic E-state index is 0.169. The minimum Gasteiger partial charge on any atom is -0.371 e. The second kappa shape index (κ2) is 5.73. The third-order valence-electron chi connectivity index (χ3n) is 2.02. The first-order valence-corrected chi connectivity index (χ1v) is 4.66. The molecule has 2 nitrogen and oxygen atoms in total. The number of morpholine rings is 1. The van der Waals surface area contributed by atoms with Crippen LogP contribution in [-0.4, -0.2) is 25.8 Å². The zero-order chi connectivity index (χ0) is 9.52. The maximum absolute atomic E-state index is 5.59. The number of allylic oxidation sites excluding steroid dienone is 3. The monoisotopic (exact) mass is 179 g/mol. The number of ether oxygens (including phenoxy) is 1. The van der Waals surface area contributed by atoms with Gasteiger partial charge in [-0.15, -0.1) is 0 Å². The van der Waals surface area contributed by atoms with Crippen LogP contribution in [0.1, 0.15) is 6.92 Å². The highest BCUT2D eigenvalue weighted by Gasteiger charge is 2.14. The van der Waals surface area contributed by atoms with E-state index in [9.17, 15) is 0 Å². The van der Waals surface area contributed by atoms with Crippen LogP contribution in [-0.2, 0) is 4.74 Å². The largest absolute Gasteiger partial charge is 0.371 e. The van der Waals surface area contributed by atoms with Gasteiger partial charge in [0.05, 0.1) is 12.7 Å². The molecule has 1 fully saturated rings. The Hall–Kier alpha value is -0.860. The van der Waals surface area contributed by atoms with Crippen molar-refractivity contribution in [2.24, 2.45) is 0 Å². The second-order valence-corrected chi connectivity index (χ2v) is 2.96. The molecule has 1 atom stereocenters. The quantitative estimate of drug-likeness (QED) is 0.665. The van der Waals surface area contributed by atoms with Crippen molar-refractivity contribution in [3.05, 3.63) is 36.5 Å². The normalized spacial score (nSPS) is 25.0. The predicted octanol–water partition coefficient (Wildman–Crippen LogP) is 1.66. The molecule has 0 bridgehead atoms. The standard InChI is InChI=1S/C11H17NO/c1-3-5-6-10(4-2)11-9-12-7-8-13-11/h3-6,11-12H,2,7-9H2,1H3/b5-3-,10-6+. The molecule has 0 radical (unpaired) electrons. The van der Waals surface area contributed by atoms with E-state index in [1.54, 1.807) is 0 Å². The van der Waals surface area contributed by atoms with E-state index in [0.29, 0.717) is 0 Å². The van der Waals surface area contributed by atoms with Gasteiger partial charge in [-0.2, -0.15) is 0 Å². The fourth-order valence-electron chi connectivity index (χ4n) is 1.29. The van der Waals surface area contributed by atoms with Crippen LogP contribution in [0.4, 0.5) is 0 Å². The summed E-state index contributed by atoms with van der Waals surface area (Å²) in [5.41, 5.74) is 1.14. The van der Waals surface area contributed by atoms with E-state index in [1.807, 2.05) is 31.2 Å². The zero-order valence-corrected chi connectivity index (χ0v) is 8.12. The molecule has 1 aliphatic rings. The van der Waals surface area contributed by atoms with Gasteiger partial charge in [-0.1, -0.05) is 30.9 Å². The molecule has 1 rings (SSSR count). The van der Waals surface area contributed by atoms with Gasteiger partial charge in [-0.3, -0.25) is 0 Å². The van der Waals surface area contributed by atoms with Gasteiger partial charge in [-0.25, -0.2) is 0 Å². The van der Waals surface area contributed by atoms with E-state index in [1.165, 1.54) is 0 Å². The summed E-state index contributed by atoms with van der Waals surface area (Å²) in [7, 11) is 0. The van der Waals surface area contributed by atoms with Crippen LogP contribution in [0.2, 0.25) is 0 Å². The van der Waals surface area contributed by atoms with Crippen LogP contribution in [0, 0.1) is 0 Å². The molecule has 0 amide bonds. The van der Waals surface area contributed by atoms with Crippen LogP contribution in [0.25, 0.3) is 0 Å². The van der Waals surface area contributed by atoms with Crippen molar-refractivity contribution < 1.29 is 4.74 Å². The minimum atomic E-state index is 0.169. The first kappa shape index (κ1) is 10.2. The summed E-state index contributed by atoms with van der Waals surface area (Å²) in [6.45, 7) is 8.39. The Morgan fingerprint density at radius 3 is 3.00 bits per heavy atom. The molecule has 13 heavy (non-hydrogen) atoms. The van der Waals surface area contributed by atoms with E-state index in [4.69, 9.17) is 4.74 Å². The molecule has 1 N–H and O–H groups in total. The van der Waals surface area contributed by atoms with Crippen LogP contribution in [0.15, 0.2) is 36.5 Å². The number of hydrogen-bond acceptors (Lipinski definition) is 2. The molecule has 1 aliphatic heterocycles. The van der Waals surface area contributed by atoms with E-state index in [0.717, 1.165) is 25.3 Å². The maximum atomic E-state index is 5.59. The lowest BCUT2D eigenvalue weighted by Gasteiger charge is -2.24. The fourth-order valence-corrected chi connectivity index (χ4v) is 1.29. The molecule has 1 heterocycles. The van der Waals surface area contributed by atoms with Crippen LogP contribution < -0.4 is 5.32 Å². The second-order valence-electron chi connectivity index (χ2n) is 2.96. The van der Waals surface area contributed by atoms with Crippen molar-refractivity contribution in [2.75, 3.05) is 19.7 Å². The highest BCUT2D eigenvalue weighted by atomic mass is 16.5. The molecular formula is C11H17NO. The van der Waals surface area contributed by atoms with Crippen LogP contribution in [0.3, 0.4) is 0 Å². The Kier molecular flexibility index (Phi) is 4.50. The summed E-state index contributed by atoms with van der Waals surface area (Å²) in [5.74, 6) is 0. The summed E-state index contributed by atoms with van der Waals surface area (Å²) in [5, 5.41) is 3.29. The first-order chi connectivity index (χ1) is 6.38. The molecule has 0 aliphatic carbocycles. The topological polar surface area (TPSA) is 21.3 Å². The first-order valence-electron chi connectivity index (χ1n) is 4.66. The molecule has 1 saturated heterocycles. The lowest BCUT2D eigenvalue weighted by Crippen LogP contribution is -2.39. The highest BCUT2D eigenvalue weighted by Crippen LogP contribution is 2.10. The van der Waals surface area contributed by atoms with Crippen molar-refractivity contribution in [2.45, 2.75) is 13.0 Å². The van der Waals surface area contributed by atoms with Gasteiger partial charge >= 0.3 is 0 Å². The maximum Gasteiger partial charge on any atom is 0.0949 e. The molecular weight excluding hydrogens is 162 g/mol. The summed E-state index contributed by atoms with van der Waals surface area (Å²) in [6.07, 6.45) is 8.08. The van der Waals surface area contributed by atoms with Crippen molar-refractivity contribution in [3.63, 3.8) is 0 Å². The molecule has 0 aromatic heterocycles. The van der Waals surface area contributed by atoms with Crippen molar-refractivity contribution in [3.8, 4) is 0 Å². The third kappa shape index (κ3) is 3.17. The van der Waals surface area contributed by atoms with Crippen molar-refractivity contribution in [1.82, 2.24) is 5.32 Å². The van der Waals surface area contributed by atoms with E-state index < -0.39 is 0 Å². The summed E-state index contributed by atoms with van der Waals surface area (Å²) in [6, 6.07) is 0. The Labute approximate surface area is 80.0 Å². The number of hydrogen-bond donors (Lipinski definition) is 1. The Bertz CT molecular complexity index is 212. The van der Waals surface area contributed by atoms with Gasteiger partial charge in [0.2, 0.25) is 0 Å². The van der Waals surface area contributed by atoms with Gasteiger partial charge in [0.25, 0.3) is 0 Å². The lowest BCUT2D eigenvalue weighted by molar-refractivity contribution is 0.0540. The fraction of sp³-hybridized carbons (Fsp3) is 0.455. The molecule has 1 unspecified atom stereocenters. The zero-order valence-electron chi connectivity index (χ0n) is 8.12. The van der Waals surface area contributed by atoms with Crippen LogP contribution >= 0.6 is 0 Å². The molecule has 2 heteroatoms. The SMILES string of the molecule is C=C/C(=C\C=C/C)C1CNCCO1. The average molecular weight is 179 g/mol. The Morgan fingerprint density at radius 2 is 2.46 bits per heavy atom. The van der Waals surface area contributed by atoms with E-state index in [-0.39, 0.29) is 6.10 Å². The third-order valence-corrected chi connectivity index (χ3v) is 2.02. The molecule has 0 spiro atoms. The van der Waals surface area contributed by atoms with Gasteiger partial charge in [0.1, 0.15) is 0 Å². The lowest BCUT2D eigenvalue weighted by atomic mass is 10.1. The van der Waals surface area contributed by atoms with Crippen molar-refractivity contribution in [1.29, 1.82) is 0 Å². The number of rotatable bonds is 3. The van der Waals surface area contributed by atoms with E-state index >= 15 is 0 Å². The highest BCUT2D eigenvalue weighted by molar-refractivity contribution is 5.26. The van der Waals surface area contributed by atoms with Gasteiger partial charge in [0, 0.05) is 13.1 Å². The van der Waals surface area contributed by atoms with Gasteiger partial charge < -0.3 is 10.1 Å². The van der Waals surface area contributed by atoms with Gasteiger partial charge in [-0.05, 0) is 12.5 Å². The smallest absolute Gasteiger partial charge is 0.0949 e. The van der Waals surface area contributed by atoms with Crippen LogP contribution in [0.5, 0.6) is 0 Å². The van der Waals surface area contributed by atoms with Gasteiger partial charge in [0.15, 0.2) is 0 Å². The Morgan fingerprint density at radius 1 is 1.62 bits per heavy atom. The molecule has 0 aromatic carbocycles. The molecule has 0 aromatic rings. The predicted molar refractivity (Wildman–Crippen MR) is 55.7 cm³/mol. The van der Waals surface area contributed by atoms with E-state index in [2.05, 4.69) is 11.9 Å². The summed E-state index contributed by atoms with van der Waals surface area (Å²) in [4.78, 5) is 0. The summed E-state index contributed by atoms with van der Waals surface area (Å²) < 4.78 is 5.59. The molecule has 72 valence electrons. The Balaban J connectivity index is 2.58. The summed E-state index contributed by atoms with van der Waals surface area (Å²) >= 11 is 0. The average Bonchev–Trinajstić information content (AvgIpc) is 2.21. The van der Waals surface area contributed by atoms with Crippen molar-refractivity contribution >= 4 is 0 Å². The number of nitrogens with one attached hydrogen (secondary N) is 1.